The number of hydrogen-bond donors (Lipinski definition) is 2. The van der Waals surface area contributed by atoms with E-state index in [1.54, 1.807) is 18.2 Å². The van der Waals surface area contributed by atoms with Gasteiger partial charge in [-0.1, -0.05) is 24.3 Å². The van der Waals surface area contributed by atoms with E-state index in [0.717, 1.165) is 36.4 Å². The molecule has 1 heterocycles. The molecule has 0 saturated carbocycles. The van der Waals surface area contributed by atoms with Crippen molar-refractivity contribution >= 4 is 11.6 Å². The van der Waals surface area contributed by atoms with Crippen LogP contribution >= 0.6 is 0 Å². The minimum Gasteiger partial charge on any atom is -0.488 e. The molecule has 0 unspecified atom stereocenters. The summed E-state index contributed by atoms with van der Waals surface area (Å²) < 4.78 is 19.0. The molecule has 1 saturated heterocycles. The maximum atomic E-state index is 13.6. The number of para-hydroxylation sites is 1. The van der Waals surface area contributed by atoms with Crippen molar-refractivity contribution in [3.05, 3.63) is 59.4 Å². The van der Waals surface area contributed by atoms with Gasteiger partial charge in [-0.15, -0.1) is 0 Å². The molecule has 2 N–H and O–H groups in total. The predicted octanol–water partition coefficient (Wildman–Crippen LogP) is 2.83. The van der Waals surface area contributed by atoms with Gasteiger partial charge in [0.2, 0.25) is 5.91 Å². The molecule has 168 valence electrons. The third kappa shape index (κ3) is 6.50. The Morgan fingerprint density at radius 3 is 2.74 bits per heavy atom. The van der Waals surface area contributed by atoms with E-state index in [4.69, 9.17) is 4.74 Å². The van der Waals surface area contributed by atoms with Crippen molar-refractivity contribution < 1.29 is 19.0 Å². The van der Waals surface area contributed by atoms with Crippen LogP contribution in [0.4, 0.5) is 10.1 Å². The fourth-order valence-corrected chi connectivity index (χ4v) is 3.84. The minimum atomic E-state index is -0.721. The summed E-state index contributed by atoms with van der Waals surface area (Å²) in [4.78, 5) is 16.8. The van der Waals surface area contributed by atoms with E-state index >= 15 is 0 Å². The van der Waals surface area contributed by atoms with Crippen molar-refractivity contribution in [2.45, 2.75) is 32.9 Å². The van der Waals surface area contributed by atoms with Crippen molar-refractivity contribution in [2.24, 2.45) is 0 Å². The molecule has 0 bridgehead atoms. The van der Waals surface area contributed by atoms with E-state index in [-0.39, 0.29) is 24.3 Å². The van der Waals surface area contributed by atoms with Crippen LogP contribution in [-0.2, 0) is 4.79 Å². The monoisotopic (exact) mass is 429 g/mol. The van der Waals surface area contributed by atoms with Gasteiger partial charge in [-0.2, -0.15) is 0 Å². The first-order valence-corrected chi connectivity index (χ1v) is 10.7. The van der Waals surface area contributed by atoms with E-state index in [1.165, 1.54) is 6.07 Å². The standard InChI is InChI=1S/C24H32FN3O3/c1-17-7-6-9-22(19(17)3)26-24(30)15-27-11-12-28(18(2)13-27)14-20(29)16-31-23-10-5-4-8-21(23)25/h4-10,18,20,29H,11-16H2,1-3H3,(H,26,30)/t18-,20-/m0/s1. The Labute approximate surface area is 183 Å². The molecule has 0 aromatic heterocycles. The molecule has 0 spiro atoms. The fraction of sp³-hybridized carbons (Fsp3) is 0.458. The SMILES string of the molecule is Cc1cccc(NC(=O)CN2CCN(C[C@H](O)COc3ccccc3F)[C@@H](C)C2)c1C. The second-order valence-corrected chi connectivity index (χ2v) is 8.27. The molecule has 2 aromatic carbocycles. The van der Waals surface area contributed by atoms with Gasteiger partial charge in [0.1, 0.15) is 12.7 Å². The number of benzene rings is 2. The first-order chi connectivity index (χ1) is 14.8. The Kier molecular flexibility index (Phi) is 8.01. The number of piperazine rings is 1. The lowest BCUT2D eigenvalue weighted by molar-refractivity contribution is -0.118. The smallest absolute Gasteiger partial charge is 0.238 e. The zero-order chi connectivity index (χ0) is 22.4. The van der Waals surface area contributed by atoms with Gasteiger partial charge >= 0.3 is 0 Å². The topological polar surface area (TPSA) is 65.0 Å². The molecule has 3 rings (SSSR count). The van der Waals surface area contributed by atoms with Crippen LogP contribution in [0.2, 0.25) is 0 Å². The second kappa shape index (κ2) is 10.7. The predicted molar refractivity (Wildman–Crippen MR) is 120 cm³/mol. The summed E-state index contributed by atoms with van der Waals surface area (Å²) in [6.45, 7) is 9.16. The number of anilines is 1. The summed E-state index contributed by atoms with van der Waals surface area (Å²) in [5.74, 6) is -0.308. The van der Waals surface area contributed by atoms with Gasteiger partial charge in [0.05, 0.1) is 6.54 Å². The number of carbonyl (C=O) groups is 1. The molecule has 1 aliphatic rings. The van der Waals surface area contributed by atoms with Crippen LogP contribution in [0.15, 0.2) is 42.5 Å². The van der Waals surface area contributed by atoms with Crippen LogP contribution in [0.1, 0.15) is 18.1 Å². The number of halogens is 1. The quantitative estimate of drug-likeness (QED) is 0.676. The normalized spacial score (nSPS) is 18.5. The van der Waals surface area contributed by atoms with Crippen LogP contribution in [0.25, 0.3) is 0 Å². The van der Waals surface area contributed by atoms with Crippen LogP contribution in [0.3, 0.4) is 0 Å². The Morgan fingerprint density at radius 1 is 1.23 bits per heavy atom. The first-order valence-electron chi connectivity index (χ1n) is 10.7. The number of aliphatic hydroxyl groups excluding tert-OH is 1. The molecule has 7 heteroatoms. The van der Waals surface area contributed by atoms with Gasteiger partial charge in [-0.25, -0.2) is 4.39 Å². The number of nitrogens with zero attached hydrogens (tertiary/aromatic N) is 2. The average molecular weight is 430 g/mol. The van der Waals surface area contributed by atoms with E-state index in [1.807, 2.05) is 32.0 Å². The molecule has 6 nitrogen and oxygen atoms in total. The Hall–Kier alpha value is -2.48. The number of hydrogen-bond acceptors (Lipinski definition) is 5. The zero-order valence-electron chi connectivity index (χ0n) is 18.5. The van der Waals surface area contributed by atoms with Crippen molar-refractivity contribution in [3.63, 3.8) is 0 Å². The lowest BCUT2D eigenvalue weighted by Crippen LogP contribution is -2.55. The summed E-state index contributed by atoms with van der Waals surface area (Å²) in [6.07, 6.45) is -0.721. The van der Waals surface area contributed by atoms with Gasteiger partial charge in [0.15, 0.2) is 11.6 Å². The summed E-state index contributed by atoms with van der Waals surface area (Å²) >= 11 is 0. The number of ether oxygens (including phenoxy) is 1. The number of aliphatic hydroxyl groups is 1. The first kappa shape index (κ1) is 23.2. The number of amides is 1. The van der Waals surface area contributed by atoms with Crippen LogP contribution in [-0.4, -0.2) is 72.3 Å². The molecule has 2 aromatic rings. The average Bonchev–Trinajstić information content (AvgIpc) is 2.73. The van der Waals surface area contributed by atoms with Gasteiger partial charge in [0, 0.05) is 37.9 Å². The molecule has 0 radical (unpaired) electrons. The third-order valence-electron chi connectivity index (χ3n) is 5.81. The number of carbonyl (C=O) groups excluding carboxylic acids is 1. The van der Waals surface area contributed by atoms with E-state index < -0.39 is 11.9 Å². The van der Waals surface area contributed by atoms with Crippen LogP contribution < -0.4 is 10.1 Å². The van der Waals surface area contributed by atoms with Crippen molar-refractivity contribution in [1.82, 2.24) is 9.80 Å². The van der Waals surface area contributed by atoms with Crippen molar-refractivity contribution in [3.8, 4) is 5.75 Å². The highest BCUT2D eigenvalue weighted by molar-refractivity contribution is 5.93. The molecular weight excluding hydrogens is 397 g/mol. The molecule has 1 aliphatic heterocycles. The Morgan fingerprint density at radius 2 is 2.00 bits per heavy atom. The molecule has 1 amide bonds. The van der Waals surface area contributed by atoms with Crippen LogP contribution in [0.5, 0.6) is 5.75 Å². The highest BCUT2D eigenvalue weighted by atomic mass is 19.1. The van der Waals surface area contributed by atoms with E-state index in [2.05, 4.69) is 22.0 Å². The molecule has 31 heavy (non-hydrogen) atoms. The number of rotatable bonds is 8. The second-order valence-electron chi connectivity index (χ2n) is 8.27. The van der Waals surface area contributed by atoms with Crippen molar-refractivity contribution in [2.75, 3.05) is 44.6 Å². The number of nitrogens with one attached hydrogen (secondary N) is 1. The van der Waals surface area contributed by atoms with Crippen LogP contribution in [0, 0.1) is 19.7 Å². The highest BCUT2D eigenvalue weighted by Gasteiger charge is 2.26. The summed E-state index contributed by atoms with van der Waals surface area (Å²) in [5, 5.41) is 13.3. The number of β-amino-alcohol motifs (C(OH)–C–C–N with tert-alkyl or cyclic N) is 1. The maximum absolute atomic E-state index is 13.6. The summed E-state index contributed by atoms with van der Waals surface area (Å²) in [7, 11) is 0. The summed E-state index contributed by atoms with van der Waals surface area (Å²) in [5.41, 5.74) is 3.09. The lowest BCUT2D eigenvalue weighted by Gasteiger charge is -2.40. The minimum absolute atomic E-state index is 0.0207. The highest BCUT2D eigenvalue weighted by Crippen LogP contribution is 2.19. The molecule has 1 fully saturated rings. The third-order valence-corrected chi connectivity index (χ3v) is 5.81. The zero-order valence-corrected chi connectivity index (χ0v) is 18.5. The van der Waals surface area contributed by atoms with Gasteiger partial charge in [-0.3, -0.25) is 14.6 Å². The molecule has 2 atom stereocenters. The van der Waals surface area contributed by atoms with Gasteiger partial charge in [-0.05, 0) is 50.1 Å². The van der Waals surface area contributed by atoms with Crippen molar-refractivity contribution in [1.29, 1.82) is 0 Å². The summed E-state index contributed by atoms with van der Waals surface area (Å²) in [6, 6.07) is 12.3. The fourth-order valence-electron chi connectivity index (χ4n) is 3.84. The Balaban J connectivity index is 1.43. The molecule has 0 aliphatic carbocycles. The van der Waals surface area contributed by atoms with E-state index in [9.17, 15) is 14.3 Å². The van der Waals surface area contributed by atoms with Gasteiger partial charge in [0.25, 0.3) is 0 Å². The van der Waals surface area contributed by atoms with Gasteiger partial charge < -0.3 is 15.2 Å². The maximum Gasteiger partial charge on any atom is 0.238 e. The Bertz CT molecular complexity index is 892. The number of aryl methyl sites for hydroxylation is 1. The lowest BCUT2D eigenvalue weighted by atomic mass is 10.1. The largest absolute Gasteiger partial charge is 0.488 e. The van der Waals surface area contributed by atoms with E-state index in [0.29, 0.717) is 13.1 Å². The molecular formula is C24H32FN3O3.